The molecule has 0 amide bonds. The minimum atomic E-state index is 0.837. The lowest BCUT2D eigenvalue weighted by Gasteiger charge is -2.28. The lowest BCUT2D eigenvalue weighted by Crippen LogP contribution is -2.36. The Morgan fingerprint density at radius 3 is 2.19 bits per heavy atom. The van der Waals surface area contributed by atoms with Gasteiger partial charge >= 0.3 is 0 Å². The largest absolute Gasteiger partial charge is 0.378 e. The monoisotopic (exact) mass is 219 g/mol. The summed E-state index contributed by atoms with van der Waals surface area (Å²) in [6.07, 6.45) is 1.86. The molecule has 2 nitrogen and oxygen atoms in total. The number of morpholine rings is 1. The van der Waals surface area contributed by atoms with Crippen LogP contribution in [-0.4, -0.2) is 26.3 Å². The SMILES string of the molecule is C=Cc1ccc(N2CCOCC2)cc1.CC. The molecule has 1 heterocycles. The summed E-state index contributed by atoms with van der Waals surface area (Å²) in [4.78, 5) is 2.34. The molecule has 0 saturated carbocycles. The molecule has 16 heavy (non-hydrogen) atoms. The zero-order valence-corrected chi connectivity index (χ0v) is 10.3. The molecule has 0 bridgehead atoms. The highest BCUT2D eigenvalue weighted by Gasteiger charge is 2.10. The van der Waals surface area contributed by atoms with Crippen molar-refractivity contribution in [3.05, 3.63) is 36.4 Å². The molecule has 1 fully saturated rings. The second-order valence-electron chi connectivity index (χ2n) is 3.40. The van der Waals surface area contributed by atoms with Crippen LogP contribution in [0.25, 0.3) is 6.08 Å². The van der Waals surface area contributed by atoms with E-state index in [0.717, 1.165) is 26.3 Å². The zero-order chi connectivity index (χ0) is 11.8. The Morgan fingerprint density at radius 1 is 1.12 bits per heavy atom. The molecular formula is C14H21NO. The third-order valence-corrected chi connectivity index (χ3v) is 2.51. The minimum absolute atomic E-state index is 0.837. The van der Waals surface area contributed by atoms with Crippen molar-refractivity contribution in [2.45, 2.75) is 13.8 Å². The van der Waals surface area contributed by atoms with E-state index in [2.05, 4.69) is 35.7 Å². The lowest BCUT2D eigenvalue weighted by molar-refractivity contribution is 0.122. The number of rotatable bonds is 2. The normalized spacial score (nSPS) is 15.0. The van der Waals surface area contributed by atoms with Crippen LogP contribution >= 0.6 is 0 Å². The molecule has 2 rings (SSSR count). The van der Waals surface area contributed by atoms with Gasteiger partial charge in [0.15, 0.2) is 0 Å². The van der Waals surface area contributed by atoms with Gasteiger partial charge in [0.25, 0.3) is 0 Å². The van der Waals surface area contributed by atoms with Crippen LogP contribution in [0.2, 0.25) is 0 Å². The number of benzene rings is 1. The van der Waals surface area contributed by atoms with Crippen LogP contribution in [0.3, 0.4) is 0 Å². The summed E-state index contributed by atoms with van der Waals surface area (Å²) in [5.41, 5.74) is 2.45. The molecule has 88 valence electrons. The van der Waals surface area contributed by atoms with Crippen molar-refractivity contribution in [1.82, 2.24) is 0 Å². The third kappa shape index (κ3) is 3.38. The summed E-state index contributed by atoms with van der Waals surface area (Å²) in [7, 11) is 0. The summed E-state index contributed by atoms with van der Waals surface area (Å²) >= 11 is 0. The summed E-state index contributed by atoms with van der Waals surface area (Å²) in [5.74, 6) is 0. The first kappa shape index (κ1) is 12.8. The Hall–Kier alpha value is -1.28. The van der Waals surface area contributed by atoms with Crippen molar-refractivity contribution >= 4 is 11.8 Å². The van der Waals surface area contributed by atoms with Gasteiger partial charge < -0.3 is 9.64 Å². The van der Waals surface area contributed by atoms with Crippen LogP contribution in [0.15, 0.2) is 30.8 Å². The zero-order valence-electron chi connectivity index (χ0n) is 10.3. The number of hydrogen-bond donors (Lipinski definition) is 0. The second-order valence-corrected chi connectivity index (χ2v) is 3.40. The van der Waals surface area contributed by atoms with Gasteiger partial charge in [0.05, 0.1) is 13.2 Å². The van der Waals surface area contributed by atoms with Crippen LogP contribution in [-0.2, 0) is 4.74 Å². The highest BCUT2D eigenvalue weighted by atomic mass is 16.5. The first-order chi connectivity index (χ1) is 7.90. The second kappa shape index (κ2) is 7.07. The Morgan fingerprint density at radius 2 is 1.69 bits per heavy atom. The van der Waals surface area contributed by atoms with Gasteiger partial charge in [0.2, 0.25) is 0 Å². The van der Waals surface area contributed by atoms with Gasteiger partial charge in [-0.1, -0.05) is 38.6 Å². The molecule has 0 N–H and O–H groups in total. The van der Waals surface area contributed by atoms with E-state index in [9.17, 15) is 0 Å². The average Bonchev–Trinajstić information content (AvgIpc) is 2.42. The fourth-order valence-corrected chi connectivity index (χ4v) is 1.64. The van der Waals surface area contributed by atoms with Crippen molar-refractivity contribution in [3.63, 3.8) is 0 Å². The molecule has 1 saturated heterocycles. The van der Waals surface area contributed by atoms with Gasteiger partial charge in [-0.25, -0.2) is 0 Å². The molecule has 0 aliphatic carbocycles. The van der Waals surface area contributed by atoms with Crippen LogP contribution in [0.1, 0.15) is 19.4 Å². The van der Waals surface area contributed by atoms with Gasteiger partial charge in [-0.2, -0.15) is 0 Å². The molecule has 1 aliphatic heterocycles. The van der Waals surface area contributed by atoms with E-state index < -0.39 is 0 Å². The number of nitrogens with zero attached hydrogens (tertiary/aromatic N) is 1. The van der Waals surface area contributed by atoms with E-state index >= 15 is 0 Å². The quantitative estimate of drug-likeness (QED) is 0.757. The van der Waals surface area contributed by atoms with Gasteiger partial charge in [-0.15, -0.1) is 0 Å². The van der Waals surface area contributed by atoms with E-state index in [1.807, 2.05) is 19.9 Å². The van der Waals surface area contributed by atoms with Crippen LogP contribution in [0.5, 0.6) is 0 Å². The third-order valence-electron chi connectivity index (χ3n) is 2.51. The van der Waals surface area contributed by atoms with Crippen molar-refractivity contribution in [2.24, 2.45) is 0 Å². The molecule has 0 spiro atoms. The van der Waals surface area contributed by atoms with Gasteiger partial charge in [0.1, 0.15) is 0 Å². The standard InChI is InChI=1S/C12H15NO.C2H6/c1-2-11-3-5-12(6-4-11)13-7-9-14-10-8-13;1-2/h2-6H,1,7-10H2;1-2H3. The summed E-state index contributed by atoms with van der Waals surface area (Å²) in [5, 5.41) is 0. The van der Waals surface area contributed by atoms with E-state index in [0.29, 0.717) is 0 Å². The smallest absolute Gasteiger partial charge is 0.0642 e. The number of hydrogen-bond acceptors (Lipinski definition) is 2. The van der Waals surface area contributed by atoms with Gasteiger partial charge in [-0.3, -0.25) is 0 Å². The predicted molar refractivity (Wildman–Crippen MR) is 70.9 cm³/mol. The molecule has 0 radical (unpaired) electrons. The molecule has 1 aromatic carbocycles. The van der Waals surface area contributed by atoms with Crippen LogP contribution in [0.4, 0.5) is 5.69 Å². The maximum Gasteiger partial charge on any atom is 0.0642 e. The first-order valence-electron chi connectivity index (χ1n) is 5.95. The summed E-state index contributed by atoms with van der Waals surface area (Å²) < 4.78 is 5.31. The fourth-order valence-electron chi connectivity index (χ4n) is 1.64. The van der Waals surface area contributed by atoms with E-state index in [1.165, 1.54) is 11.3 Å². The Balaban J connectivity index is 0.000000606. The summed E-state index contributed by atoms with van der Waals surface area (Å²) in [6, 6.07) is 8.47. The van der Waals surface area contributed by atoms with Crippen molar-refractivity contribution in [2.75, 3.05) is 31.2 Å². The maximum atomic E-state index is 5.31. The van der Waals surface area contributed by atoms with Gasteiger partial charge in [0, 0.05) is 18.8 Å². The average molecular weight is 219 g/mol. The molecule has 0 unspecified atom stereocenters. The Labute approximate surface area is 98.5 Å². The molecule has 1 aliphatic rings. The number of anilines is 1. The van der Waals surface area contributed by atoms with Crippen LogP contribution < -0.4 is 4.90 Å². The van der Waals surface area contributed by atoms with Crippen molar-refractivity contribution < 1.29 is 4.74 Å². The van der Waals surface area contributed by atoms with Crippen molar-refractivity contribution in [1.29, 1.82) is 0 Å². The van der Waals surface area contributed by atoms with E-state index in [1.54, 1.807) is 0 Å². The molecule has 0 aromatic heterocycles. The first-order valence-corrected chi connectivity index (χ1v) is 5.95. The highest BCUT2D eigenvalue weighted by molar-refractivity contribution is 5.54. The van der Waals surface area contributed by atoms with Gasteiger partial charge in [-0.05, 0) is 17.7 Å². The molecular weight excluding hydrogens is 198 g/mol. The van der Waals surface area contributed by atoms with Crippen molar-refractivity contribution in [3.8, 4) is 0 Å². The lowest BCUT2D eigenvalue weighted by atomic mass is 10.2. The topological polar surface area (TPSA) is 12.5 Å². The maximum absolute atomic E-state index is 5.31. The minimum Gasteiger partial charge on any atom is -0.378 e. The summed E-state index contributed by atoms with van der Waals surface area (Å²) in [6.45, 7) is 11.4. The molecule has 2 heteroatoms. The Kier molecular flexibility index (Phi) is 5.65. The predicted octanol–water partition coefficient (Wildman–Crippen LogP) is 3.19. The highest BCUT2D eigenvalue weighted by Crippen LogP contribution is 2.16. The van der Waals surface area contributed by atoms with Crippen LogP contribution in [0, 0.1) is 0 Å². The fraction of sp³-hybridized carbons (Fsp3) is 0.429. The van der Waals surface area contributed by atoms with E-state index in [4.69, 9.17) is 4.74 Å². The molecule has 1 aromatic rings. The molecule has 0 atom stereocenters. The Bertz CT molecular complexity index is 299. The van der Waals surface area contributed by atoms with E-state index in [-0.39, 0.29) is 0 Å². The number of ether oxygens (including phenoxy) is 1.